The van der Waals surface area contributed by atoms with Crippen molar-refractivity contribution in [1.82, 2.24) is 5.32 Å². The second-order valence-corrected chi connectivity index (χ2v) is 6.51. The Hall–Kier alpha value is -1.92. The largest absolute Gasteiger partial charge is 0.490 e. The summed E-state index contributed by atoms with van der Waals surface area (Å²) in [6.45, 7) is 4.83. The SMILES string of the molecule is CCCOc1ccc(C(=O)NC2CCC(C(F)(F)F)CC2)cc1OCC. The fourth-order valence-corrected chi connectivity index (χ4v) is 3.08. The third-order valence-corrected chi connectivity index (χ3v) is 4.49. The zero-order chi connectivity index (χ0) is 19.2. The molecule has 1 aliphatic carbocycles. The molecular weight excluding hydrogens is 347 g/mol. The molecule has 0 atom stereocenters. The number of hydrogen-bond acceptors (Lipinski definition) is 3. The third-order valence-electron chi connectivity index (χ3n) is 4.49. The van der Waals surface area contributed by atoms with Crippen LogP contribution in [0.4, 0.5) is 13.2 Å². The number of halogens is 3. The van der Waals surface area contributed by atoms with Crippen molar-refractivity contribution in [2.24, 2.45) is 5.92 Å². The summed E-state index contributed by atoms with van der Waals surface area (Å²) in [5, 5.41) is 2.84. The lowest BCUT2D eigenvalue weighted by Crippen LogP contribution is -2.40. The highest BCUT2D eigenvalue weighted by Gasteiger charge is 2.41. The van der Waals surface area contributed by atoms with Gasteiger partial charge in [-0.25, -0.2) is 0 Å². The summed E-state index contributed by atoms with van der Waals surface area (Å²) >= 11 is 0. The molecule has 1 N–H and O–H groups in total. The fraction of sp³-hybridized carbons (Fsp3) is 0.632. The molecule has 0 aliphatic heterocycles. The zero-order valence-corrected chi connectivity index (χ0v) is 15.2. The highest BCUT2D eigenvalue weighted by atomic mass is 19.4. The summed E-state index contributed by atoms with van der Waals surface area (Å²) in [5.41, 5.74) is 0.412. The number of amides is 1. The number of carbonyl (C=O) groups excluding carboxylic acids is 1. The predicted molar refractivity (Wildman–Crippen MR) is 92.7 cm³/mol. The van der Waals surface area contributed by atoms with E-state index in [2.05, 4.69) is 5.32 Å². The summed E-state index contributed by atoms with van der Waals surface area (Å²) < 4.78 is 49.3. The number of nitrogens with one attached hydrogen (secondary N) is 1. The summed E-state index contributed by atoms with van der Waals surface area (Å²) in [6.07, 6.45) is -2.49. The predicted octanol–water partition coefficient (Wildman–Crippen LogP) is 4.73. The molecule has 1 aromatic rings. The van der Waals surface area contributed by atoms with Crippen molar-refractivity contribution in [2.75, 3.05) is 13.2 Å². The standard InChI is InChI=1S/C19H26F3NO3/c1-3-11-26-16-10-5-13(12-17(16)25-4-2)18(24)23-15-8-6-14(7-9-15)19(20,21)22/h5,10,12,14-15H,3-4,6-9,11H2,1-2H3,(H,23,24). The molecule has 1 fully saturated rings. The van der Waals surface area contributed by atoms with Crippen LogP contribution < -0.4 is 14.8 Å². The first-order valence-corrected chi connectivity index (χ1v) is 9.12. The van der Waals surface area contributed by atoms with Gasteiger partial charge in [0.15, 0.2) is 11.5 Å². The summed E-state index contributed by atoms with van der Waals surface area (Å²) in [6, 6.07) is 4.72. The van der Waals surface area contributed by atoms with Gasteiger partial charge in [-0.1, -0.05) is 6.92 Å². The Morgan fingerprint density at radius 2 is 1.81 bits per heavy atom. The van der Waals surface area contributed by atoms with Crippen LogP contribution in [0.1, 0.15) is 56.3 Å². The van der Waals surface area contributed by atoms with Gasteiger partial charge >= 0.3 is 6.18 Å². The average molecular weight is 373 g/mol. The average Bonchev–Trinajstić information content (AvgIpc) is 2.60. The summed E-state index contributed by atoms with van der Waals surface area (Å²) in [7, 11) is 0. The molecule has 0 bridgehead atoms. The van der Waals surface area contributed by atoms with E-state index >= 15 is 0 Å². The Morgan fingerprint density at radius 1 is 1.12 bits per heavy atom. The van der Waals surface area contributed by atoms with Crippen LogP contribution in [0.5, 0.6) is 11.5 Å². The Morgan fingerprint density at radius 3 is 2.38 bits per heavy atom. The van der Waals surface area contributed by atoms with Crippen molar-refractivity contribution >= 4 is 5.91 Å². The van der Waals surface area contributed by atoms with E-state index in [4.69, 9.17) is 9.47 Å². The lowest BCUT2D eigenvalue weighted by molar-refractivity contribution is -0.182. The molecule has 26 heavy (non-hydrogen) atoms. The molecule has 0 radical (unpaired) electrons. The van der Waals surface area contributed by atoms with Crippen LogP contribution in [0, 0.1) is 5.92 Å². The van der Waals surface area contributed by atoms with Crippen molar-refractivity contribution in [2.45, 2.75) is 58.2 Å². The molecule has 146 valence electrons. The van der Waals surface area contributed by atoms with E-state index in [0.717, 1.165) is 6.42 Å². The maximum absolute atomic E-state index is 12.7. The van der Waals surface area contributed by atoms with Gasteiger partial charge in [0.2, 0.25) is 0 Å². The molecule has 2 rings (SSSR count). The van der Waals surface area contributed by atoms with Gasteiger partial charge in [0.1, 0.15) is 0 Å². The Kier molecular flexibility index (Phi) is 7.17. The Balaban J connectivity index is 1.98. The number of alkyl halides is 3. The molecule has 0 spiro atoms. The first kappa shape index (κ1) is 20.4. The van der Waals surface area contributed by atoms with Crippen molar-refractivity contribution in [3.8, 4) is 11.5 Å². The zero-order valence-electron chi connectivity index (χ0n) is 15.2. The highest BCUT2D eigenvalue weighted by Crippen LogP contribution is 2.37. The molecule has 0 heterocycles. The maximum Gasteiger partial charge on any atom is 0.391 e. The molecule has 1 saturated carbocycles. The van der Waals surface area contributed by atoms with Gasteiger partial charge in [0.25, 0.3) is 5.91 Å². The van der Waals surface area contributed by atoms with Crippen LogP contribution in [0.15, 0.2) is 18.2 Å². The molecule has 7 heteroatoms. The van der Waals surface area contributed by atoms with Crippen molar-refractivity contribution < 1.29 is 27.4 Å². The Bertz CT molecular complexity index is 596. The van der Waals surface area contributed by atoms with Crippen LogP contribution in [0.2, 0.25) is 0 Å². The molecule has 0 unspecified atom stereocenters. The van der Waals surface area contributed by atoms with E-state index < -0.39 is 12.1 Å². The van der Waals surface area contributed by atoms with Crippen LogP contribution in [-0.4, -0.2) is 31.3 Å². The minimum absolute atomic E-state index is 0.0580. The van der Waals surface area contributed by atoms with E-state index in [1.165, 1.54) is 0 Å². The molecule has 0 aromatic heterocycles. The lowest BCUT2D eigenvalue weighted by Gasteiger charge is -2.30. The minimum atomic E-state index is -4.14. The van der Waals surface area contributed by atoms with Crippen LogP contribution >= 0.6 is 0 Å². The van der Waals surface area contributed by atoms with E-state index in [9.17, 15) is 18.0 Å². The molecule has 1 aliphatic rings. The van der Waals surface area contributed by atoms with Gasteiger partial charge < -0.3 is 14.8 Å². The first-order valence-electron chi connectivity index (χ1n) is 9.12. The normalized spacial score (nSPS) is 20.5. The maximum atomic E-state index is 12.7. The number of hydrogen-bond donors (Lipinski definition) is 1. The molecule has 0 saturated heterocycles. The van der Waals surface area contributed by atoms with Crippen molar-refractivity contribution in [3.63, 3.8) is 0 Å². The molecular formula is C19H26F3NO3. The van der Waals surface area contributed by atoms with Gasteiger partial charge in [0.05, 0.1) is 19.1 Å². The Labute approximate surface area is 152 Å². The number of rotatable bonds is 7. The molecule has 4 nitrogen and oxygen atoms in total. The van der Waals surface area contributed by atoms with Gasteiger partial charge in [-0.3, -0.25) is 4.79 Å². The van der Waals surface area contributed by atoms with Crippen LogP contribution in [0.3, 0.4) is 0 Å². The van der Waals surface area contributed by atoms with Crippen LogP contribution in [0.25, 0.3) is 0 Å². The van der Waals surface area contributed by atoms with Crippen LogP contribution in [-0.2, 0) is 0 Å². The monoisotopic (exact) mass is 373 g/mol. The summed E-state index contributed by atoms with van der Waals surface area (Å²) in [5.74, 6) is -0.482. The first-order chi connectivity index (χ1) is 12.3. The molecule has 1 aromatic carbocycles. The lowest BCUT2D eigenvalue weighted by atomic mass is 9.85. The van der Waals surface area contributed by atoms with E-state index in [1.807, 2.05) is 13.8 Å². The molecule has 1 amide bonds. The number of benzene rings is 1. The smallest absolute Gasteiger partial charge is 0.391 e. The van der Waals surface area contributed by atoms with Gasteiger partial charge in [0, 0.05) is 11.6 Å². The minimum Gasteiger partial charge on any atom is -0.490 e. The quantitative estimate of drug-likeness (QED) is 0.752. The van der Waals surface area contributed by atoms with E-state index in [0.29, 0.717) is 43.1 Å². The fourth-order valence-electron chi connectivity index (χ4n) is 3.08. The topological polar surface area (TPSA) is 47.6 Å². The summed E-state index contributed by atoms with van der Waals surface area (Å²) in [4.78, 5) is 12.4. The van der Waals surface area contributed by atoms with Gasteiger partial charge in [-0.05, 0) is 57.2 Å². The number of carbonyl (C=O) groups is 1. The second-order valence-electron chi connectivity index (χ2n) is 6.51. The number of ether oxygens (including phenoxy) is 2. The second kappa shape index (κ2) is 9.14. The van der Waals surface area contributed by atoms with E-state index in [1.54, 1.807) is 18.2 Å². The highest BCUT2D eigenvalue weighted by molar-refractivity contribution is 5.95. The van der Waals surface area contributed by atoms with Gasteiger partial charge in [-0.2, -0.15) is 13.2 Å². The van der Waals surface area contributed by atoms with Gasteiger partial charge in [-0.15, -0.1) is 0 Å². The van der Waals surface area contributed by atoms with E-state index in [-0.39, 0.29) is 24.8 Å². The van der Waals surface area contributed by atoms with Crippen molar-refractivity contribution in [1.29, 1.82) is 0 Å². The third kappa shape index (κ3) is 5.54. The van der Waals surface area contributed by atoms with Crippen molar-refractivity contribution in [3.05, 3.63) is 23.8 Å².